The van der Waals surface area contributed by atoms with Crippen LogP contribution in [0, 0.1) is 0 Å². The molecule has 8 heteroatoms. The van der Waals surface area contributed by atoms with Gasteiger partial charge in [0.05, 0.1) is 19.6 Å². The molecule has 0 atom stereocenters. The first-order chi connectivity index (χ1) is 9.12. The maximum absolute atomic E-state index is 12.3. The molecule has 0 heterocycles. The molecular weight excluding hydrogens is 297 g/mol. The van der Waals surface area contributed by atoms with Gasteiger partial charge in [0, 0.05) is 6.54 Å². The Morgan fingerprint density at radius 3 is 2.05 bits per heavy atom. The van der Waals surface area contributed by atoms with E-state index in [0.717, 1.165) is 0 Å². The monoisotopic (exact) mass is 325 g/mol. The molecule has 0 aromatic rings. The van der Waals surface area contributed by atoms with Crippen molar-refractivity contribution < 1.29 is 22.8 Å². The van der Waals surface area contributed by atoms with Crippen molar-refractivity contribution in [3.8, 4) is 0 Å². The predicted molar refractivity (Wildman–Crippen MR) is 82.4 cm³/mol. The summed E-state index contributed by atoms with van der Waals surface area (Å²) < 4.78 is 28.1. The topological polar surface area (TPSA) is 65.1 Å². The highest BCUT2D eigenvalue weighted by Crippen LogP contribution is 2.48. The van der Waals surface area contributed by atoms with Crippen molar-refractivity contribution in [3.63, 3.8) is 0 Å². The Hall–Kier alpha value is -0.203. The summed E-state index contributed by atoms with van der Waals surface area (Å²) in [5.41, 5.74) is 0. The number of nitrogens with zero attached hydrogens (tertiary/aromatic N) is 1. The van der Waals surface area contributed by atoms with Crippen molar-refractivity contribution in [1.29, 1.82) is 0 Å². The van der Waals surface area contributed by atoms with E-state index in [0.29, 0.717) is 19.8 Å². The zero-order chi connectivity index (χ0) is 15.8. The summed E-state index contributed by atoms with van der Waals surface area (Å²) in [6.07, 6.45) is 0.452. The molecule has 0 bridgehead atoms. The fourth-order valence-corrected chi connectivity index (χ4v) is 4.10. The standard InChI is InChI=1S/C12H28NO5PSi/c1-7-16-19(15,17-8-2)11-13(3)10-9-12(14)18-20(4,5)6/h7-11H2,1-6H3. The number of hydrogen-bond donors (Lipinski definition) is 0. The molecule has 20 heavy (non-hydrogen) atoms. The van der Waals surface area contributed by atoms with Crippen LogP contribution in [0.25, 0.3) is 0 Å². The summed E-state index contributed by atoms with van der Waals surface area (Å²) >= 11 is 0. The second kappa shape index (κ2) is 8.95. The van der Waals surface area contributed by atoms with Gasteiger partial charge in [-0.2, -0.15) is 0 Å². The molecule has 0 aromatic heterocycles. The Kier molecular flexibility index (Phi) is 8.86. The van der Waals surface area contributed by atoms with Gasteiger partial charge in [0.15, 0.2) is 0 Å². The first-order valence-electron chi connectivity index (χ1n) is 6.90. The first-order valence-corrected chi connectivity index (χ1v) is 12.0. The zero-order valence-electron chi connectivity index (χ0n) is 13.5. The molecule has 0 aliphatic rings. The first kappa shape index (κ1) is 19.8. The third kappa shape index (κ3) is 9.66. The second-order valence-electron chi connectivity index (χ2n) is 5.50. The molecule has 0 aromatic carbocycles. The summed E-state index contributed by atoms with van der Waals surface area (Å²) in [4.78, 5) is 13.4. The molecule has 0 unspecified atom stereocenters. The summed E-state index contributed by atoms with van der Waals surface area (Å²) in [6, 6.07) is 0. The van der Waals surface area contributed by atoms with E-state index in [9.17, 15) is 9.36 Å². The highest BCUT2D eigenvalue weighted by Gasteiger charge is 2.26. The molecular formula is C12H28NO5PSi. The van der Waals surface area contributed by atoms with Gasteiger partial charge in [-0.25, -0.2) is 0 Å². The van der Waals surface area contributed by atoms with E-state index >= 15 is 0 Å². The Balaban J connectivity index is 4.24. The summed E-state index contributed by atoms with van der Waals surface area (Å²) in [7, 11) is -3.15. The lowest BCUT2D eigenvalue weighted by molar-refractivity contribution is -0.135. The van der Waals surface area contributed by atoms with E-state index in [-0.39, 0.29) is 18.7 Å². The molecule has 0 rings (SSSR count). The van der Waals surface area contributed by atoms with Crippen molar-refractivity contribution in [3.05, 3.63) is 0 Å². The lowest BCUT2D eigenvalue weighted by Gasteiger charge is -2.24. The molecule has 0 N–H and O–H groups in total. The zero-order valence-corrected chi connectivity index (χ0v) is 15.4. The van der Waals surface area contributed by atoms with Crippen LogP contribution in [0.1, 0.15) is 20.3 Å². The maximum Gasteiger partial charge on any atom is 0.344 e. The maximum atomic E-state index is 12.3. The average molecular weight is 325 g/mol. The van der Waals surface area contributed by atoms with Crippen LogP contribution in [0.5, 0.6) is 0 Å². The largest absolute Gasteiger partial charge is 0.520 e. The highest BCUT2D eigenvalue weighted by atomic mass is 31.2. The highest BCUT2D eigenvalue weighted by molar-refractivity contribution is 7.53. The van der Waals surface area contributed by atoms with Crippen molar-refractivity contribution in [2.24, 2.45) is 0 Å². The third-order valence-electron chi connectivity index (χ3n) is 2.18. The van der Waals surface area contributed by atoms with Crippen LogP contribution in [0.15, 0.2) is 0 Å². The Morgan fingerprint density at radius 2 is 1.65 bits per heavy atom. The lowest BCUT2D eigenvalue weighted by atomic mass is 10.4. The minimum absolute atomic E-state index is 0.176. The number of carbonyl (C=O) groups is 1. The van der Waals surface area contributed by atoms with Crippen molar-refractivity contribution >= 4 is 21.9 Å². The van der Waals surface area contributed by atoms with E-state index < -0.39 is 15.9 Å². The Morgan fingerprint density at radius 1 is 1.15 bits per heavy atom. The Labute approximate surface area is 123 Å². The van der Waals surface area contributed by atoms with Gasteiger partial charge in [-0.3, -0.25) is 14.3 Å². The van der Waals surface area contributed by atoms with Gasteiger partial charge in [-0.05, 0) is 40.5 Å². The van der Waals surface area contributed by atoms with Crippen LogP contribution in [0.2, 0.25) is 19.6 Å². The van der Waals surface area contributed by atoms with E-state index in [4.69, 9.17) is 13.5 Å². The third-order valence-corrected chi connectivity index (χ3v) is 5.16. The minimum atomic E-state index is -3.09. The molecule has 0 amide bonds. The minimum Gasteiger partial charge on any atom is -0.520 e. The van der Waals surface area contributed by atoms with Gasteiger partial charge in [-0.1, -0.05) is 0 Å². The fraction of sp³-hybridized carbons (Fsp3) is 0.917. The van der Waals surface area contributed by atoms with Crippen LogP contribution in [0.3, 0.4) is 0 Å². The number of carbonyl (C=O) groups excluding carboxylic acids is 1. The van der Waals surface area contributed by atoms with Crippen LogP contribution >= 0.6 is 7.60 Å². The summed E-state index contributed by atoms with van der Waals surface area (Å²) in [6.45, 7) is 10.6. The smallest absolute Gasteiger partial charge is 0.344 e. The van der Waals surface area contributed by atoms with Gasteiger partial charge in [0.25, 0.3) is 5.97 Å². The molecule has 0 aliphatic carbocycles. The average Bonchev–Trinajstić information content (AvgIpc) is 2.24. The summed E-state index contributed by atoms with van der Waals surface area (Å²) in [5.74, 6) is -0.210. The molecule has 0 saturated heterocycles. The molecule has 0 aliphatic heterocycles. The number of rotatable bonds is 10. The van der Waals surface area contributed by atoms with E-state index in [1.807, 2.05) is 19.6 Å². The molecule has 0 spiro atoms. The molecule has 6 nitrogen and oxygen atoms in total. The van der Waals surface area contributed by atoms with Gasteiger partial charge in [0.2, 0.25) is 8.32 Å². The lowest BCUT2D eigenvalue weighted by Crippen LogP contribution is -2.31. The van der Waals surface area contributed by atoms with Crippen LogP contribution in [-0.2, 0) is 22.8 Å². The Bertz CT molecular complexity index is 335. The number of hydrogen-bond acceptors (Lipinski definition) is 6. The van der Waals surface area contributed by atoms with Gasteiger partial charge < -0.3 is 13.5 Å². The second-order valence-corrected chi connectivity index (χ2v) is 12.0. The predicted octanol–water partition coefficient (Wildman–Crippen LogP) is 2.91. The molecule has 0 radical (unpaired) electrons. The molecule has 120 valence electrons. The molecule has 0 fully saturated rings. The fourth-order valence-electron chi connectivity index (χ4n) is 1.55. The normalized spacial score (nSPS) is 12.8. The van der Waals surface area contributed by atoms with Crippen molar-refractivity contribution in [1.82, 2.24) is 4.90 Å². The van der Waals surface area contributed by atoms with Gasteiger partial charge in [0.1, 0.15) is 6.29 Å². The van der Waals surface area contributed by atoms with E-state index in [1.54, 1.807) is 25.8 Å². The summed E-state index contributed by atoms with van der Waals surface area (Å²) in [5, 5.41) is 0. The van der Waals surface area contributed by atoms with Crippen molar-refractivity contribution in [2.45, 2.75) is 39.9 Å². The van der Waals surface area contributed by atoms with Gasteiger partial charge >= 0.3 is 7.60 Å². The van der Waals surface area contributed by atoms with Crippen LogP contribution in [-0.4, -0.2) is 52.3 Å². The van der Waals surface area contributed by atoms with E-state index in [2.05, 4.69) is 0 Å². The van der Waals surface area contributed by atoms with Crippen LogP contribution < -0.4 is 0 Å². The van der Waals surface area contributed by atoms with E-state index in [1.165, 1.54) is 0 Å². The SMILES string of the molecule is CCOP(=O)(CN(C)CCC(=O)O[Si](C)(C)C)OCC. The quantitative estimate of drug-likeness (QED) is 0.454. The van der Waals surface area contributed by atoms with Crippen LogP contribution in [0.4, 0.5) is 0 Å². The van der Waals surface area contributed by atoms with Crippen molar-refractivity contribution in [2.75, 3.05) is 33.1 Å². The van der Waals surface area contributed by atoms with Gasteiger partial charge in [-0.15, -0.1) is 0 Å². The molecule has 0 saturated carbocycles.